The van der Waals surface area contributed by atoms with Crippen LogP contribution in [-0.4, -0.2) is 18.2 Å². The second-order valence-corrected chi connectivity index (χ2v) is 4.47. The fraction of sp³-hybridized carbons (Fsp3) is 0.364. The summed E-state index contributed by atoms with van der Waals surface area (Å²) in [6, 6.07) is 2.23. The first-order valence-electron chi connectivity index (χ1n) is 4.89. The molecule has 1 aromatic carbocycles. The lowest BCUT2D eigenvalue weighted by molar-refractivity contribution is -0.137. The number of aliphatic carboxylic acids is 1. The molecule has 0 aliphatic rings. The molecule has 0 fully saturated rings. The van der Waals surface area contributed by atoms with E-state index >= 15 is 0 Å². The van der Waals surface area contributed by atoms with Crippen LogP contribution in [0, 0.1) is 5.82 Å². The van der Waals surface area contributed by atoms with Crippen LogP contribution < -0.4 is 5.73 Å². The Hall–Kier alpha value is -0.980. The van der Waals surface area contributed by atoms with Crippen LogP contribution in [0.4, 0.5) is 4.39 Å². The van der Waals surface area contributed by atoms with Crippen molar-refractivity contribution in [2.45, 2.75) is 19.1 Å². The van der Waals surface area contributed by atoms with Crippen molar-refractivity contribution < 1.29 is 19.0 Å². The Bertz CT molecular complexity index is 425. The van der Waals surface area contributed by atoms with Gasteiger partial charge in [0.25, 0.3) is 0 Å². The number of halogens is 2. The number of hydrogen-bond donors (Lipinski definition) is 2. The number of carboxylic acid groups (broad SMARTS) is 1. The van der Waals surface area contributed by atoms with Crippen molar-refractivity contribution in [3.8, 4) is 0 Å². The molecule has 94 valence electrons. The Labute approximate surface area is 107 Å². The molecule has 6 heteroatoms. The fourth-order valence-corrected chi connectivity index (χ4v) is 2.01. The Morgan fingerprint density at radius 2 is 2.29 bits per heavy atom. The van der Waals surface area contributed by atoms with Gasteiger partial charge in [0.1, 0.15) is 5.82 Å². The third kappa shape index (κ3) is 3.76. The zero-order chi connectivity index (χ0) is 13.0. The summed E-state index contributed by atoms with van der Waals surface area (Å²) in [7, 11) is 1.52. The molecule has 0 heterocycles. The van der Waals surface area contributed by atoms with Crippen LogP contribution in [0.15, 0.2) is 16.6 Å². The molecular weight excluding hydrogens is 293 g/mol. The molecule has 0 saturated heterocycles. The molecule has 0 spiro atoms. The van der Waals surface area contributed by atoms with E-state index in [1.54, 1.807) is 6.07 Å². The summed E-state index contributed by atoms with van der Waals surface area (Å²) < 4.78 is 19.0. The summed E-state index contributed by atoms with van der Waals surface area (Å²) in [5.74, 6) is -1.59. The van der Waals surface area contributed by atoms with Crippen LogP contribution in [0.25, 0.3) is 0 Å². The molecule has 0 saturated carbocycles. The van der Waals surface area contributed by atoms with E-state index in [0.717, 1.165) is 5.56 Å². The molecule has 4 nitrogen and oxygen atoms in total. The van der Waals surface area contributed by atoms with E-state index in [9.17, 15) is 9.18 Å². The molecule has 3 N–H and O–H groups in total. The summed E-state index contributed by atoms with van der Waals surface area (Å²) in [5.41, 5.74) is 6.56. The van der Waals surface area contributed by atoms with E-state index in [-0.39, 0.29) is 16.5 Å². The SMILES string of the molecule is COCc1cc(Br)c(F)c(C(N)CC(=O)O)c1. The number of methoxy groups -OCH3 is 1. The van der Waals surface area contributed by atoms with E-state index in [0.29, 0.717) is 6.61 Å². The minimum Gasteiger partial charge on any atom is -0.481 e. The maximum atomic E-state index is 13.8. The summed E-state index contributed by atoms with van der Waals surface area (Å²) in [4.78, 5) is 10.6. The number of rotatable bonds is 5. The van der Waals surface area contributed by atoms with E-state index in [2.05, 4.69) is 15.9 Å². The van der Waals surface area contributed by atoms with Gasteiger partial charge in [0.2, 0.25) is 0 Å². The highest BCUT2D eigenvalue weighted by Gasteiger charge is 2.18. The van der Waals surface area contributed by atoms with E-state index in [1.807, 2.05) is 0 Å². The average Bonchev–Trinajstić information content (AvgIpc) is 2.22. The first-order chi connectivity index (χ1) is 7.95. The van der Waals surface area contributed by atoms with Crippen LogP contribution in [0.1, 0.15) is 23.6 Å². The van der Waals surface area contributed by atoms with Crippen LogP contribution in [0.3, 0.4) is 0 Å². The first kappa shape index (κ1) is 14.1. The smallest absolute Gasteiger partial charge is 0.305 e. The number of carboxylic acids is 1. The Morgan fingerprint density at radius 3 is 2.82 bits per heavy atom. The topological polar surface area (TPSA) is 72.5 Å². The summed E-state index contributed by atoms with van der Waals surface area (Å²) >= 11 is 3.07. The highest BCUT2D eigenvalue weighted by atomic mass is 79.9. The van der Waals surface area contributed by atoms with Gasteiger partial charge in [0.15, 0.2) is 0 Å². The maximum absolute atomic E-state index is 13.8. The monoisotopic (exact) mass is 305 g/mol. The normalized spacial score (nSPS) is 12.5. The van der Waals surface area contributed by atoms with Gasteiger partial charge in [-0.05, 0) is 33.6 Å². The Kier molecular flexibility index (Phi) is 5.04. The van der Waals surface area contributed by atoms with Gasteiger partial charge in [-0.3, -0.25) is 4.79 Å². The molecule has 0 aliphatic carbocycles. The second kappa shape index (κ2) is 6.09. The van der Waals surface area contributed by atoms with Crippen LogP contribution in [-0.2, 0) is 16.1 Å². The van der Waals surface area contributed by atoms with E-state index in [1.165, 1.54) is 13.2 Å². The van der Waals surface area contributed by atoms with Crippen molar-refractivity contribution in [3.05, 3.63) is 33.5 Å². The van der Waals surface area contributed by atoms with Crippen LogP contribution in [0.2, 0.25) is 0 Å². The molecule has 17 heavy (non-hydrogen) atoms. The average molecular weight is 306 g/mol. The molecule has 1 atom stereocenters. The van der Waals surface area contributed by atoms with Crippen LogP contribution in [0.5, 0.6) is 0 Å². The molecule has 0 aromatic heterocycles. The molecule has 1 aromatic rings. The van der Waals surface area contributed by atoms with Crippen molar-refractivity contribution in [3.63, 3.8) is 0 Å². The van der Waals surface area contributed by atoms with Crippen molar-refractivity contribution >= 4 is 21.9 Å². The maximum Gasteiger partial charge on any atom is 0.305 e. The lowest BCUT2D eigenvalue weighted by atomic mass is 10.0. The van der Waals surface area contributed by atoms with Crippen molar-refractivity contribution in [1.82, 2.24) is 0 Å². The highest BCUT2D eigenvalue weighted by Crippen LogP contribution is 2.26. The van der Waals surface area contributed by atoms with Gasteiger partial charge >= 0.3 is 5.97 Å². The van der Waals surface area contributed by atoms with Gasteiger partial charge in [-0.1, -0.05) is 0 Å². The molecule has 1 unspecified atom stereocenters. The van der Waals surface area contributed by atoms with Crippen molar-refractivity contribution in [1.29, 1.82) is 0 Å². The zero-order valence-corrected chi connectivity index (χ0v) is 10.8. The van der Waals surface area contributed by atoms with Gasteiger partial charge < -0.3 is 15.6 Å². The van der Waals surface area contributed by atoms with Crippen molar-refractivity contribution in [2.75, 3.05) is 7.11 Å². The number of carbonyl (C=O) groups is 1. The van der Waals surface area contributed by atoms with Gasteiger partial charge in [0.05, 0.1) is 17.5 Å². The van der Waals surface area contributed by atoms with Crippen LogP contribution >= 0.6 is 15.9 Å². The fourth-order valence-electron chi connectivity index (χ4n) is 1.49. The third-order valence-electron chi connectivity index (χ3n) is 2.22. The lowest BCUT2D eigenvalue weighted by Crippen LogP contribution is -2.17. The molecule has 0 radical (unpaired) electrons. The largest absolute Gasteiger partial charge is 0.481 e. The lowest BCUT2D eigenvalue weighted by Gasteiger charge is -2.13. The highest BCUT2D eigenvalue weighted by molar-refractivity contribution is 9.10. The molecule has 0 bridgehead atoms. The summed E-state index contributed by atoms with van der Waals surface area (Å²) in [6.07, 6.45) is -0.320. The predicted molar refractivity (Wildman–Crippen MR) is 64.0 cm³/mol. The van der Waals surface area contributed by atoms with Gasteiger partial charge in [-0.15, -0.1) is 0 Å². The number of ether oxygens (including phenoxy) is 1. The first-order valence-corrected chi connectivity index (χ1v) is 5.69. The minimum absolute atomic E-state index is 0.175. The third-order valence-corrected chi connectivity index (χ3v) is 2.80. The molecule has 0 aliphatic heterocycles. The van der Waals surface area contributed by atoms with E-state index in [4.69, 9.17) is 15.6 Å². The van der Waals surface area contributed by atoms with Gasteiger partial charge in [0, 0.05) is 18.7 Å². The second-order valence-electron chi connectivity index (χ2n) is 3.62. The quantitative estimate of drug-likeness (QED) is 0.875. The summed E-state index contributed by atoms with van der Waals surface area (Å²) in [6.45, 7) is 0.311. The Morgan fingerprint density at radius 1 is 1.65 bits per heavy atom. The Balaban J connectivity index is 3.08. The standard InChI is InChI=1S/C11H13BrFNO3/c1-17-5-6-2-7(9(14)4-10(15)16)11(13)8(12)3-6/h2-3,9H,4-5,14H2,1H3,(H,15,16). The van der Waals surface area contributed by atoms with Gasteiger partial charge in [-0.2, -0.15) is 0 Å². The predicted octanol–water partition coefficient (Wildman–Crippen LogP) is 2.21. The number of benzene rings is 1. The number of nitrogens with two attached hydrogens (primary N) is 1. The van der Waals surface area contributed by atoms with E-state index < -0.39 is 17.8 Å². The molecular formula is C11H13BrFNO3. The van der Waals surface area contributed by atoms with Crippen molar-refractivity contribution in [2.24, 2.45) is 5.73 Å². The minimum atomic E-state index is -1.06. The van der Waals surface area contributed by atoms with Gasteiger partial charge in [-0.25, -0.2) is 4.39 Å². The number of hydrogen-bond acceptors (Lipinski definition) is 3. The zero-order valence-electron chi connectivity index (χ0n) is 9.24. The molecule has 1 rings (SSSR count). The summed E-state index contributed by atoms with van der Waals surface area (Å²) in [5, 5.41) is 8.64. The molecule has 0 amide bonds.